The number of carbonyl (C=O) groups is 1. The third kappa shape index (κ3) is 1.93. The van der Waals surface area contributed by atoms with Crippen molar-refractivity contribution >= 4 is 16.7 Å². The molecular weight excluding hydrogens is 241 g/mol. The van der Waals surface area contributed by atoms with Crippen LogP contribution in [0.3, 0.4) is 0 Å². The first kappa shape index (κ1) is 11.7. The summed E-state index contributed by atoms with van der Waals surface area (Å²) in [5, 5.41) is 0.888. The van der Waals surface area contributed by atoms with Gasteiger partial charge in [-0.25, -0.2) is 4.39 Å². The molecule has 0 saturated carbocycles. The molecular formula is C16H12FNO. The lowest BCUT2D eigenvalue weighted by Crippen LogP contribution is -1.93. The predicted molar refractivity (Wildman–Crippen MR) is 73.2 cm³/mol. The fourth-order valence-electron chi connectivity index (χ4n) is 2.30. The fourth-order valence-corrected chi connectivity index (χ4v) is 2.30. The monoisotopic (exact) mass is 253 g/mol. The van der Waals surface area contributed by atoms with Crippen molar-refractivity contribution in [1.82, 2.24) is 4.57 Å². The van der Waals surface area contributed by atoms with E-state index in [0.29, 0.717) is 11.3 Å². The Labute approximate surface area is 110 Å². The average Bonchev–Trinajstić information content (AvgIpc) is 2.78. The zero-order valence-electron chi connectivity index (χ0n) is 10.4. The number of carbonyl (C=O) groups excluding carboxylic acids is 1. The minimum absolute atomic E-state index is 0.00588. The van der Waals surface area contributed by atoms with Gasteiger partial charge in [0.15, 0.2) is 5.78 Å². The summed E-state index contributed by atoms with van der Waals surface area (Å²) in [7, 11) is 0. The number of halogens is 1. The van der Waals surface area contributed by atoms with Gasteiger partial charge in [-0.05, 0) is 31.2 Å². The maximum absolute atomic E-state index is 13.3. The Morgan fingerprint density at radius 3 is 2.63 bits per heavy atom. The molecule has 3 aromatic rings. The van der Waals surface area contributed by atoms with E-state index in [4.69, 9.17) is 0 Å². The van der Waals surface area contributed by atoms with Crippen LogP contribution in [0.4, 0.5) is 4.39 Å². The second kappa shape index (κ2) is 4.35. The minimum atomic E-state index is -0.292. The Morgan fingerprint density at radius 1 is 1.11 bits per heavy atom. The van der Waals surface area contributed by atoms with Gasteiger partial charge in [-0.3, -0.25) is 4.79 Å². The number of ketones is 1. The number of Topliss-reactive ketones (excluding diaryl/α,β-unsaturated/α-hetero) is 1. The van der Waals surface area contributed by atoms with Crippen LogP contribution in [0.2, 0.25) is 0 Å². The third-order valence-corrected chi connectivity index (χ3v) is 3.18. The Balaban J connectivity index is 2.33. The summed E-state index contributed by atoms with van der Waals surface area (Å²) >= 11 is 0. The van der Waals surface area contributed by atoms with Gasteiger partial charge >= 0.3 is 0 Å². The molecule has 0 radical (unpaired) electrons. The summed E-state index contributed by atoms with van der Waals surface area (Å²) < 4.78 is 15.2. The van der Waals surface area contributed by atoms with Crippen LogP contribution >= 0.6 is 0 Å². The lowest BCUT2D eigenvalue weighted by molar-refractivity contribution is 0.101. The molecule has 0 bridgehead atoms. The second-order valence-corrected chi connectivity index (χ2v) is 4.47. The number of aromatic nitrogens is 1. The Hall–Kier alpha value is -2.42. The molecule has 0 amide bonds. The molecule has 0 aliphatic rings. The van der Waals surface area contributed by atoms with Crippen LogP contribution in [0.25, 0.3) is 16.6 Å². The van der Waals surface area contributed by atoms with Gasteiger partial charge < -0.3 is 4.57 Å². The molecule has 0 atom stereocenters. The molecule has 0 spiro atoms. The number of para-hydroxylation sites is 1. The molecule has 0 fully saturated rings. The van der Waals surface area contributed by atoms with E-state index in [1.165, 1.54) is 19.1 Å². The largest absolute Gasteiger partial charge is 0.316 e. The van der Waals surface area contributed by atoms with Gasteiger partial charge in [0, 0.05) is 22.8 Å². The number of rotatable bonds is 2. The maximum Gasteiger partial charge on any atom is 0.161 e. The lowest BCUT2D eigenvalue weighted by Gasteiger charge is -2.04. The molecule has 2 nitrogen and oxygen atoms in total. The highest BCUT2D eigenvalue weighted by molar-refractivity contribution is 6.07. The second-order valence-electron chi connectivity index (χ2n) is 4.47. The zero-order chi connectivity index (χ0) is 13.4. The maximum atomic E-state index is 13.3. The van der Waals surface area contributed by atoms with Crippen molar-refractivity contribution in [3.05, 3.63) is 66.1 Å². The van der Waals surface area contributed by atoms with Gasteiger partial charge in [-0.15, -0.1) is 0 Å². The molecule has 0 saturated heterocycles. The van der Waals surface area contributed by atoms with E-state index in [9.17, 15) is 9.18 Å². The zero-order valence-corrected chi connectivity index (χ0v) is 10.4. The highest BCUT2D eigenvalue weighted by Gasteiger charge is 2.12. The fraction of sp³-hybridized carbons (Fsp3) is 0.0625. The molecule has 0 unspecified atom stereocenters. The van der Waals surface area contributed by atoms with Crippen molar-refractivity contribution in [3.8, 4) is 5.69 Å². The number of hydrogen-bond donors (Lipinski definition) is 0. The van der Waals surface area contributed by atoms with E-state index in [0.717, 1.165) is 10.9 Å². The van der Waals surface area contributed by atoms with Gasteiger partial charge in [0.05, 0.1) is 5.52 Å². The third-order valence-electron chi connectivity index (χ3n) is 3.18. The van der Waals surface area contributed by atoms with E-state index in [2.05, 4.69) is 0 Å². The first-order chi connectivity index (χ1) is 9.16. The number of fused-ring (bicyclic) bond motifs is 1. The van der Waals surface area contributed by atoms with Gasteiger partial charge in [0.2, 0.25) is 0 Å². The molecule has 0 aliphatic heterocycles. The standard InChI is InChI=1S/C16H12FNO/c1-11(19)15-10-18(13-6-4-5-12(17)9-13)16-8-3-2-7-14(15)16/h2-10H,1H3. The van der Waals surface area contributed by atoms with Crippen LogP contribution in [0.5, 0.6) is 0 Å². The van der Waals surface area contributed by atoms with Crippen molar-refractivity contribution in [2.24, 2.45) is 0 Å². The summed E-state index contributed by atoms with van der Waals surface area (Å²) in [6.07, 6.45) is 1.77. The van der Waals surface area contributed by atoms with E-state index in [1.807, 2.05) is 34.9 Å². The average molecular weight is 253 g/mol. The van der Waals surface area contributed by atoms with E-state index < -0.39 is 0 Å². The van der Waals surface area contributed by atoms with Gasteiger partial charge in [0.1, 0.15) is 5.82 Å². The highest BCUT2D eigenvalue weighted by Crippen LogP contribution is 2.25. The smallest absolute Gasteiger partial charge is 0.161 e. The summed E-state index contributed by atoms with van der Waals surface area (Å²) in [4.78, 5) is 11.7. The SMILES string of the molecule is CC(=O)c1cn(-c2cccc(F)c2)c2ccccc12. The van der Waals surface area contributed by atoms with E-state index in [-0.39, 0.29) is 11.6 Å². The van der Waals surface area contributed by atoms with Crippen molar-refractivity contribution in [2.45, 2.75) is 6.92 Å². The van der Waals surface area contributed by atoms with Crippen molar-refractivity contribution in [3.63, 3.8) is 0 Å². The van der Waals surface area contributed by atoms with Crippen LogP contribution in [0.1, 0.15) is 17.3 Å². The van der Waals surface area contributed by atoms with Crippen molar-refractivity contribution in [1.29, 1.82) is 0 Å². The minimum Gasteiger partial charge on any atom is -0.316 e. The van der Waals surface area contributed by atoms with Gasteiger partial charge in [-0.2, -0.15) is 0 Å². The van der Waals surface area contributed by atoms with Crippen LogP contribution in [-0.4, -0.2) is 10.4 Å². The quantitative estimate of drug-likeness (QED) is 0.633. The lowest BCUT2D eigenvalue weighted by atomic mass is 10.1. The number of benzene rings is 2. The summed E-state index contributed by atoms with van der Waals surface area (Å²) in [5.74, 6) is -0.286. The number of hydrogen-bond acceptors (Lipinski definition) is 1. The van der Waals surface area contributed by atoms with Crippen LogP contribution < -0.4 is 0 Å². The molecule has 3 heteroatoms. The van der Waals surface area contributed by atoms with Crippen LogP contribution in [0.15, 0.2) is 54.7 Å². The Kier molecular flexibility index (Phi) is 2.67. The molecule has 2 aromatic carbocycles. The summed E-state index contributed by atoms with van der Waals surface area (Å²) in [6.45, 7) is 1.54. The molecule has 1 heterocycles. The first-order valence-corrected chi connectivity index (χ1v) is 6.04. The van der Waals surface area contributed by atoms with E-state index in [1.54, 1.807) is 12.3 Å². The topological polar surface area (TPSA) is 22.0 Å². The Bertz CT molecular complexity index is 773. The molecule has 94 valence electrons. The van der Waals surface area contributed by atoms with Crippen LogP contribution in [0, 0.1) is 5.82 Å². The number of nitrogens with zero attached hydrogens (tertiary/aromatic N) is 1. The normalized spacial score (nSPS) is 10.8. The van der Waals surface area contributed by atoms with E-state index >= 15 is 0 Å². The van der Waals surface area contributed by atoms with Crippen molar-refractivity contribution < 1.29 is 9.18 Å². The van der Waals surface area contributed by atoms with Gasteiger partial charge in [0.25, 0.3) is 0 Å². The molecule has 0 aliphatic carbocycles. The van der Waals surface area contributed by atoms with Crippen molar-refractivity contribution in [2.75, 3.05) is 0 Å². The summed E-state index contributed by atoms with van der Waals surface area (Å²) in [6, 6.07) is 14.0. The molecule has 1 aromatic heterocycles. The molecule has 3 rings (SSSR count). The Morgan fingerprint density at radius 2 is 1.89 bits per heavy atom. The summed E-state index contributed by atoms with van der Waals surface area (Å²) in [5.41, 5.74) is 2.27. The first-order valence-electron chi connectivity index (χ1n) is 6.04. The highest BCUT2D eigenvalue weighted by atomic mass is 19.1. The van der Waals surface area contributed by atoms with Crippen LogP contribution in [-0.2, 0) is 0 Å². The molecule has 0 N–H and O–H groups in total. The molecule has 19 heavy (non-hydrogen) atoms. The predicted octanol–water partition coefficient (Wildman–Crippen LogP) is 3.97. The van der Waals surface area contributed by atoms with Gasteiger partial charge in [-0.1, -0.05) is 24.3 Å².